The number of esters is 1. The number of carbonyl (C=O) groups excluding carboxylic acids is 2. The second-order valence-electron chi connectivity index (χ2n) is 26.1. The van der Waals surface area contributed by atoms with Crippen LogP contribution in [0, 0.1) is 0 Å². The molecule has 0 rings (SSSR count). The molecule has 1 N–H and O–H groups in total. The Kier molecular flexibility index (Phi) is 63.5. The highest BCUT2D eigenvalue weighted by Gasteiger charge is 2.27. The molecular weight excluding hydrogens is 1080 g/mol. The van der Waals surface area contributed by atoms with Crippen molar-refractivity contribution in [1.29, 1.82) is 0 Å². The maximum atomic E-state index is 13.6. The number of ether oxygens (including phenoxy) is 1. The predicted molar refractivity (Wildman–Crippen MR) is 372 cm³/mol. The van der Waals surface area contributed by atoms with Gasteiger partial charge in [0.25, 0.3) is 7.82 Å². The van der Waals surface area contributed by atoms with E-state index in [1.54, 1.807) is 0 Å². The van der Waals surface area contributed by atoms with Crippen molar-refractivity contribution in [2.45, 2.75) is 360 Å². The Morgan fingerprint density at radius 3 is 1.09 bits per heavy atom. The normalized spacial score (nSPS) is 13.9. The zero-order chi connectivity index (χ0) is 62.8. The van der Waals surface area contributed by atoms with Gasteiger partial charge in [-0.25, -0.2) is 0 Å². The molecule has 0 spiro atoms. The number of hydrogen-bond donors (Lipinski definition) is 1. The van der Waals surface area contributed by atoms with E-state index >= 15 is 0 Å². The van der Waals surface area contributed by atoms with Crippen LogP contribution in [-0.4, -0.2) is 69.4 Å². The first-order chi connectivity index (χ1) is 41.9. The van der Waals surface area contributed by atoms with Gasteiger partial charge >= 0.3 is 5.97 Å². The van der Waals surface area contributed by atoms with Gasteiger partial charge in [0.05, 0.1) is 33.8 Å². The van der Waals surface area contributed by atoms with Crippen molar-refractivity contribution < 1.29 is 37.3 Å². The van der Waals surface area contributed by atoms with E-state index < -0.39 is 26.6 Å². The highest BCUT2D eigenvalue weighted by molar-refractivity contribution is 7.45. The number of amides is 1. The first-order valence-corrected chi connectivity index (χ1v) is 38.2. The monoisotopic (exact) mass is 1230 g/mol. The van der Waals surface area contributed by atoms with Gasteiger partial charge in [-0.3, -0.25) is 14.2 Å². The number of hydrogen-bond acceptors (Lipinski definition) is 7. The van der Waals surface area contributed by atoms with E-state index in [9.17, 15) is 19.0 Å². The predicted octanol–water partition coefficient (Wildman–Crippen LogP) is 22.9. The van der Waals surface area contributed by atoms with Crippen LogP contribution >= 0.6 is 7.82 Å². The van der Waals surface area contributed by atoms with Crippen LogP contribution in [0.15, 0.2) is 72.9 Å². The topological polar surface area (TPSA) is 114 Å². The van der Waals surface area contributed by atoms with Crippen LogP contribution in [0.4, 0.5) is 0 Å². The van der Waals surface area contributed by atoms with Crippen molar-refractivity contribution in [2.24, 2.45) is 0 Å². The number of allylic oxidation sites excluding steroid dienone is 11. The van der Waals surface area contributed by atoms with Crippen molar-refractivity contribution in [3.05, 3.63) is 72.9 Å². The van der Waals surface area contributed by atoms with Gasteiger partial charge in [0, 0.05) is 12.8 Å². The van der Waals surface area contributed by atoms with E-state index in [4.69, 9.17) is 13.8 Å². The van der Waals surface area contributed by atoms with Crippen molar-refractivity contribution in [3.8, 4) is 0 Å². The van der Waals surface area contributed by atoms with Gasteiger partial charge in [0.15, 0.2) is 0 Å². The fourth-order valence-corrected chi connectivity index (χ4v) is 11.4. The highest BCUT2D eigenvalue weighted by atomic mass is 31.2. The van der Waals surface area contributed by atoms with Crippen molar-refractivity contribution in [2.75, 3.05) is 40.9 Å². The van der Waals surface area contributed by atoms with Gasteiger partial charge in [-0.1, -0.05) is 306 Å². The molecule has 0 aromatic heterocycles. The molecule has 0 heterocycles. The first kappa shape index (κ1) is 83.5. The van der Waals surface area contributed by atoms with Gasteiger partial charge in [-0.05, 0) is 102 Å². The fourth-order valence-electron chi connectivity index (χ4n) is 10.7. The maximum absolute atomic E-state index is 13.6. The van der Waals surface area contributed by atoms with E-state index in [-0.39, 0.29) is 24.9 Å². The lowest BCUT2D eigenvalue weighted by Crippen LogP contribution is -2.47. The molecule has 0 aliphatic heterocycles. The van der Waals surface area contributed by atoms with E-state index in [0.29, 0.717) is 23.9 Å². The van der Waals surface area contributed by atoms with Gasteiger partial charge < -0.3 is 28.5 Å². The molecule has 0 aliphatic carbocycles. The number of nitrogens with zero attached hydrogens (tertiary/aromatic N) is 1. The van der Waals surface area contributed by atoms with Gasteiger partial charge in [0.2, 0.25) is 5.91 Å². The molecule has 0 radical (unpaired) electrons. The molecule has 0 saturated heterocycles. The Hall–Kier alpha value is -2.55. The molecule has 0 bridgehead atoms. The lowest BCUT2D eigenvalue weighted by Gasteiger charge is -2.30. The molecule has 3 atom stereocenters. The minimum absolute atomic E-state index is 0.0264. The molecule has 0 aromatic carbocycles. The zero-order valence-corrected chi connectivity index (χ0v) is 58.4. The molecule has 0 aromatic rings. The average Bonchev–Trinajstić information content (AvgIpc) is 3.69. The number of quaternary nitrogens is 1. The van der Waals surface area contributed by atoms with Crippen LogP contribution in [0.5, 0.6) is 0 Å². The van der Waals surface area contributed by atoms with Crippen LogP contribution in [-0.2, 0) is 27.9 Å². The molecule has 3 unspecified atom stereocenters. The van der Waals surface area contributed by atoms with E-state index in [1.165, 1.54) is 218 Å². The second-order valence-corrected chi connectivity index (χ2v) is 27.5. The largest absolute Gasteiger partial charge is 0.756 e. The minimum Gasteiger partial charge on any atom is -0.756 e. The molecule has 0 fully saturated rings. The van der Waals surface area contributed by atoms with Crippen molar-refractivity contribution >= 4 is 19.7 Å². The summed E-state index contributed by atoms with van der Waals surface area (Å²) in [5.41, 5.74) is 0. The summed E-state index contributed by atoms with van der Waals surface area (Å²) < 4.78 is 30.5. The summed E-state index contributed by atoms with van der Waals surface area (Å²) >= 11 is 0. The summed E-state index contributed by atoms with van der Waals surface area (Å²) in [5.74, 6) is -0.551. The van der Waals surface area contributed by atoms with Gasteiger partial charge in [-0.15, -0.1) is 0 Å². The Labute approximate surface area is 533 Å². The minimum atomic E-state index is -4.71. The number of phosphoric acid groups is 1. The third-order valence-electron chi connectivity index (χ3n) is 16.4. The lowest BCUT2D eigenvalue weighted by atomic mass is 10.0. The SMILES string of the molecule is CCCCC/C=C\C/C=C\C/C=C\C/C=C\CCCCCCCC(=O)OC(/C=C\CCCCCCCCCCCC)C(COP(=O)([O-])OCC[N+](C)(C)C)NC(=O)CCCCCCCCCCCCCCCCCCC/C=C/CCCCCCCC. The Bertz CT molecular complexity index is 1700. The Morgan fingerprint density at radius 1 is 0.407 bits per heavy atom. The first-order valence-electron chi connectivity index (χ1n) is 36.7. The van der Waals surface area contributed by atoms with Crippen LogP contribution in [0.3, 0.4) is 0 Å². The fraction of sp³-hybridized carbons (Fsp3) is 0.816. The lowest BCUT2D eigenvalue weighted by molar-refractivity contribution is -0.870. The van der Waals surface area contributed by atoms with E-state index in [2.05, 4.69) is 86.8 Å². The molecule has 0 aliphatic rings. The van der Waals surface area contributed by atoms with Crippen LogP contribution < -0.4 is 10.2 Å². The van der Waals surface area contributed by atoms with Crippen LogP contribution in [0.2, 0.25) is 0 Å². The molecular formula is C76H141N2O7P. The molecule has 86 heavy (non-hydrogen) atoms. The number of rotatable bonds is 67. The standard InChI is InChI=1S/C76H141N2O7P/c1-7-10-13-16-19-22-25-28-30-32-34-36-37-38-39-40-41-43-44-46-48-50-53-56-59-62-65-68-75(79)77-73(72-84-86(81,82)83-71-70-78(4,5)6)74(67-64-61-58-55-52-27-24-21-18-15-12-9-3)85-76(80)69-66-63-60-57-54-51-49-47-45-42-35-33-31-29-26-23-20-17-14-11-8-2/h20,23,28-31,35,42,47,49,64,67,73-74H,7-19,21-22,24-27,32-34,36-41,43-46,48,50-63,65-66,68-72H2,1-6H3,(H-,77,79,81,82)/b23-20-,30-28+,31-29-,42-35-,49-47-,67-64-. The van der Waals surface area contributed by atoms with Crippen molar-refractivity contribution in [1.82, 2.24) is 5.32 Å². The number of nitrogens with one attached hydrogen (secondary N) is 1. The van der Waals surface area contributed by atoms with Gasteiger partial charge in [0.1, 0.15) is 19.3 Å². The van der Waals surface area contributed by atoms with Crippen LogP contribution in [0.1, 0.15) is 348 Å². The quantitative estimate of drug-likeness (QED) is 0.0212. The third kappa shape index (κ3) is 65.9. The highest BCUT2D eigenvalue weighted by Crippen LogP contribution is 2.38. The number of phosphoric ester groups is 1. The Morgan fingerprint density at radius 2 is 0.709 bits per heavy atom. The molecule has 1 amide bonds. The number of carbonyl (C=O) groups is 2. The van der Waals surface area contributed by atoms with Gasteiger partial charge in [-0.2, -0.15) is 0 Å². The van der Waals surface area contributed by atoms with Crippen LogP contribution in [0.25, 0.3) is 0 Å². The summed E-state index contributed by atoms with van der Waals surface area (Å²) in [4.78, 5) is 40.2. The third-order valence-corrected chi connectivity index (χ3v) is 17.3. The second kappa shape index (κ2) is 65.4. The molecule has 10 heteroatoms. The molecule has 9 nitrogen and oxygen atoms in total. The molecule has 0 saturated carbocycles. The van der Waals surface area contributed by atoms with E-state index in [1.807, 2.05) is 33.3 Å². The number of likely N-dealkylation sites (N-methyl/N-ethyl adjacent to an activating group) is 1. The summed E-state index contributed by atoms with van der Waals surface area (Å²) in [7, 11) is 1.18. The van der Waals surface area contributed by atoms with E-state index in [0.717, 1.165) is 89.9 Å². The zero-order valence-electron chi connectivity index (χ0n) is 57.5. The smallest absolute Gasteiger partial charge is 0.306 e. The molecule has 502 valence electrons. The number of unbranched alkanes of at least 4 members (excludes halogenated alkanes) is 41. The summed E-state index contributed by atoms with van der Waals surface area (Å²) in [6, 6.07) is -0.899. The summed E-state index contributed by atoms with van der Waals surface area (Å²) in [6.07, 6.45) is 86.0. The summed E-state index contributed by atoms with van der Waals surface area (Å²) in [5, 5.41) is 3.04. The maximum Gasteiger partial charge on any atom is 0.306 e. The Balaban J connectivity index is 5.03. The average molecular weight is 1230 g/mol. The summed E-state index contributed by atoms with van der Waals surface area (Å²) in [6.45, 7) is 6.84. The van der Waals surface area contributed by atoms with Crippen molar-refractivity contribution in [3.63, 3.8) is 0 Å².